The van der Waals surface area contributed by atoms with Crippen LogP contribution in [0.2, 0.25) is 0 Å². The molecular weight excluding hydrogens is 130 g/mol. The van der Waals surface area contributed by atoms with E-state index in [0.717, 1.165) is 6.42 Å². The van der Waals surface area contributed by atoms with Crippen molar-refractivity contribution in [3.63, 3.8) is 0 Å². The second-order valence-corrected chi connectivity index (χ2v) is 2.35. The smallest absolute Gasteiger partial charge is 0.320 e. The summed E-state index contributed by atoms with van der Waals surface area (Å²) in [5.41, 5.74) is 0. The monoisotopic (exact) mass is 141 g/mol. The minimum absolute atomic E-state index is 0.352. The van der Waals surface area contributed by atoms with Gasteiger partial charge in [-0.2, -0.15) is 0 Å². The number of carbonyl (C=O) groups is 1. The van der Waals surface area contributed by atoms with Gasteiger partial charge < -0.3 is 10.4 Å². The molecule has 0 radical (unpaired) electrons. The molecule has 1 unspecified atom stereocenters. The van der Waals surface area contributed by atoms with Crippen molar-refractivity contribution in [1.29, 1.82) is 0 Å². The highest BCUT2D eigenvalue weighted by Gasteiger charge is 2.15. The van der Waals surface area contributed by atoms with Crippen LogP contribution in [0.5, 0.6) is 0 Å². The first-order valence-corrected chi connectivity index (χ1v) is 3.42. The summed E-state index contributed by atoms with van der Waals surface area (Å²) < 4.78 is 0. The van der Waals surface area contributed by atoms with Crippen LogP contribution in [0.25, 0.3) is 0 Å². The fraction of sp³-hybridized carbons (Fsp3) is 0.571. The third-order valence-electron chi connectivity index (χ3n) is 1.57. The highest BCUT2D eigenvalue weighted by atomic mass is 16.4. The summed E-state index contributed by atoms with van der Waals surface area (Å²) in [7, 11) is 0. The van der Waals surface area contributed by atoms with E-state index in [4.69, 9.17) is 5.11 Å². The molecule has 1 heterocycles. The fourth-order valence-electron chi connectivity index (χ4n) is 0.987. The van der Waals surface area contributed by atoms with Crippen LogP contribution >= 0.6 is 0 Å². The van der Waals surface area contributed by atoms with E-state index in [1.807, 2.05) is 12.2 Å². The van der Waals surface area contributed by atoms with Gasteiger partial charge in [0.05, 0.1) is 0 Å². The molecule has 1 aliphatic heterocycles. The van der Waals surface area contributed by atoms with Crippen molar-refractivity contribution < 1.29 is 9.90 Å². The zero-order valence-electron chi connectivity index (χ0n) is 5.71. The van der Waals surface area contributed by atoms with Gasteiger partial charge in [-0.3, -0.25) is 4.79 Å². The van der Waals surface area contributed by atoms with Crippen LogP contribution in [0.4, 0.5) is 0 Å². The van der Waals surface area contributed by atoms with Crippen LogP contribution < -0.4 is 5.32 Å². The van der Waals surface area contributed by atoms with Crippen LogP contribution in [-0.2, 0) is 4.79 Å². The summed E-state index contributed by atoms with van der Waals surface area (Å²) in [5.74, 6) is -0.747. The van der Waals surface area contributed by atoms with Crippen LogP contribution in [-0.4, -0.2) is 23.7 Å². The van der Waals surface area contributed by atoms with Crippen LogP contribution in [0.3, 0.4) is 0 Å². The minimum atomic E-state index is -0.747. The van der Waals surface area contributed by atoms with Gasteiger partial charge >= 0.3 is 5.97 Å². The Morgan fingerprint density at radius 2 is 2.40 bits per heavy atom. The van der Waals surface area contributed by atoms with E-state index in [1.54, 1.807) is 0 Å². The molecule has 0 aromatic carbocycles. The van der Waals surface area contributed by atoms with Crippen molar-refractivity contribution >= 4 is 5.97 Å². The lowest BCUT2D eigenvalue weighted by atomic mass is 10.2. The highest BCUT2D eigenvalue weighted by Crippen LogP contribution is 2.01. The van der Waals surface area contributed by atoms with E-state index in [2.05, 4.69) is 5.32 Å². The predicted molar refractivity (Wildman–Crippen MR) is 37.8 cm³/mol. The van der Waals surface area contributed by atoms with Gasteiger partial charge in [0.1, 0.15) is 6.04 Å². The third kappa shape index (κ3) is 1.84. The standard InChI is InChI=1S/C7H11NO2/c9-7(10)6-4-2-1-3-5-8-6/h1,3,6,8H,2,4-5H2,(H,9,10). The summed E-state index contributed by atoms with van der Waals surface area (Å²) in [4.78, 5) is 10.4. The van der Waals surface area contributed by atoms with Gasteiger partial charge in [-0.15, -0.1) is 0 Å². The first-order chi connectivity index (χ1) is 4.80. The number of nitrogens with one attached hydrogen (secondary N) is 1. The lowest BCUT2D eigenvalue weighted by Crippen LogP contribution is -2.35. The molecule has 3 nitrogen and oxygen atoms in total. The Labute approximate surface area is 59.7 Å². The molecule has 0 aromatic rings. The van der Waals surface area contributed by atoms with Crippen LogP contribution in [0.15, 0.2) is 12.2 Å². The predicted octanol–water partition coefficient (Wildman–Crippen LogP) is 0.379. The van der Waals surface area contributed by atoms with Gasteiger partial charge in [-0.25, -0.2) is 0 Å². The van der Waals surface area contributed by atoms with Gasteiger partial charge in [0.2, 0.25) is 0 Å². The van der Waals surface area contributed by atoms with Crippen LogP contribution in [0, 0.1) is 0 Å². The second kappa shape index (κ2) is 3.37. The molecule has 0 saturated carbocycles. The average molecular weight is 141 g/mol. The molecule has 0 aliphatic carbocycles. The quantitative estimate of drug-likeness (QED) is 0.519. The molecule has 0 fully saturated rings. The number of hydrogen-bond acceptors (Lipinski definition) is 2. The number of aliphatic carboxylic acids is 1. The largest absolute Gasteiger partial charge is 0.480 e. The van der Waals surface area contributed by atoms with Crippen molar-refractivity contribution in [2.45, 2.75) is 18.9 Å². The minimum Gasteiger partial charge on any atom is -0.480 e. The molecular formula is C7H11NO2. The number of carboxylic acids is 1. The first-order valence-electron chi connectivity index (χ1n) is 3.42. The van der Waals surface area contributed by atoms with Crippen molar-refractivity contribution in [2.75, 3.05) is 6.54 Å². The highest BCUT2D eigenvalue weighted by molar-refractivity contribution is 5.73. The Bertz CT molecular complexity index is 144. The first kappa shape index (κ1) is 7.28. The molecule has 1 aliphatic rings. The van der Waals surface area contributed by atoms with E-state index >= 15 is 0 Å². The summed E-state index contributed by atoms with van der Waals surface area (Å²) in [6.45, 7) is 0.678. The normalized spacial score (nSPS) is 25.8. The number of hydrogen-bond donors (Lipinski definition) is 2. The summed E-state index contributed by atoms with van der Waals surface area (Å²) >= 11 is 0. The third-order valence-corrected chi connectivity index (χ3v) is 1.57. The molecule has 0 bridgehead atoms. The van der Waals surface area contributed by atoms with Crippen molar-refractivity contribution in [1.82, 2.24) is 5.32 Å². The molecule has 0 saturated heterocycles. The number of rotatable bonds is 1. The molecule has 0 amide bonds. The van der Waals surface area contributed by atoms with E-state index in [-0.39, 0.29) is 6.04 Å². The van der Waals surface area contributed by atoms with E-state index in [9.17, 15) is 4.79 Å². The van der Waals surface area contributed by atoms with E-state index < -0.39 is 5.97 Å². The Kier molecular flexibility index (Phi) is 2.45. The lowest BCUT2D eigenvalue weighted by molar-refractivity contribution is -0.139. The van der Waals surface area contributed by atoms with Crippen molar-refractivity contribution in [3.8, 4) is 0 Å². The van der Waals surface area contributed by atoms with Gasteiger partial charge in [-0.1, -0.05) is 12.2 Å². The summed E-state index contributed by atoms with van der Waals surface area (Å²) in [6.07, 6.45) is 5.54. The van der Waals surface area contributed by atoms with E-state index in [1.165, 1.54) is 0 Å². The molecule has 10 heavy (non-hydrogen) atoms. The van der Waals surface area contributed by atoms with Gasteiger partial charge in [-0.05, 0) is 12.8 Å². The zero-order valence-corrected chi connectivity index (χ0v) is 5.71. The zero-order chi connectivity index (χ0) is 7.40. The SMILES string of the molecule is O=C(O)C1CCC=CCN1. The molecule has 0 spiro atoms. The Hall–Kier alpha value is -0.830. The fourth-order valence-corrected chi connectivity index (χ4v) is 0.987. The Morgan fingerprint density at radius 3 is 3.10 bits per heavy atom. The topological polar surface area (TPSA) is 49.3 Å². The molecule has 1 atom stereocenters. The van der Waals surface area contributed by atoms with E-state index in [0.29, 0.717) is 13.0 Å². The second-order valence-electron chi connectivity index (χ2n) is 2.35. The maximum Gasteiger partial charge on any atom is 0.320 e. The average Bonchev–Trinajstić information content (AvgIpc) is 2.12. The maximum absolute atomic E-state index is 10.4. The number of allylic oxidation sites excluding steroid dienone is 1. The number of carboxylic acid groups (broad SMARTS) is 1. The van der Waals surface area contributed by atoms with Gasteiger partial charge in [0.15, 0.2) is 0 Å². The van der Waals surface area contributed by atoms with Crippen molar-refractivity contribution in [3.05, 3.63) is 12.2 Å². The molecule has 56 valence electrons. The molecule has 1 rings (SSSR count). The van der Waals surface area contributed by atoms with Gasteiger partial charge in [0.25, 0.3) is 0 Å². The summed E-state index contributed by atoms with van der Waals surface area (Å²) in [6, 6.07) is -0.352. The Morgan fingerprint density at radius 1 is 1.60 bits per heavy atom. The van der Waals surface area contributed by atoms with Gasteiger partial charge in [0, 0.05) is 6.54 Å². The Balaban J connectivity index is 2.41. The molecule has 3 heteroatoms. The molecule has 0 aromatic heterocycles. The maximum atomic E-state index is 10.4. The van der Waals surface area contributed by atoms with Crippen LogP contribution in [0.1, 0.15) is 12.8 Å². The summed E-state index contributed by atoms with van der Waals surface area (Å²) in [5, 5.41) is 11.5. The van der Waals surface area contributed by atoms with Crippen molar-refractivity contribution in [2.24, 2.45) is 0 Å². The lowest BCUT2D eigenvalue weighted by Gasteiger charge is -2.08. The molecule has 2 N–H and O–H groups in total.